The zero-order valence-corrected chi connectivity index (χ0v) is 16.1. The van der Waals surface area contributed by atoms with Crippen LogP contribution in [0.15, 0.2) is 48.5 Å². The summed E-state index contributed by atoms with van der Waals surface area (Å²) in [5.41, 5.74) is 2.96. The first-order valence-corrected chi connectivity index (χ1v) is 9.30. The van der Waals surface area contributed by atoms with E-state index in [1.54, 1.807) is 23.8 Å². The molecular formula is C22H26N2O3. The summed E-state index contributed by atoms with van der Waals surface area (Å²) in [6.45, 7) is 4.79. The van der Waals surface area contributed by atoms with Crippen LogP contribution in [-0.2, 0) is 16.0 Å². The van der Waals surface area contributed by atoms with Crippen molar-refractivity contribution in [3.05, 3.63) is 59.7 Å². The highest BCUT2D eigenvalue weighted by Crippen LogP contribution is 2.31. The Bertz CT molecular complexity index is 820. The average Bonchev–Trinajstić information content (AvgIpc) is 2.69. The number of rotatable bonds is 5. The molecule has 142 valence electrons. The van der Waals surface area contributed by atoms with Gasteiger partial charge in [0.05, 0.1) is 12.8 Å². The number of hydrogen-bond acceptors (Lipinski definition) is 3. The summed E-state index contributed by atoms with van der Waals surface area (Å²) < 4.78 is 5.42. The summed E-state index contributed by atoms with van der Waals surface area (Å²) in [5, 5.41) is 0. The van der Waals surface area contributed by atoms with Crippen molar-refractivity contribution in [3.8, 4) is 5.75 Å². The number of benzene rings is 2. The van der Waals surface area contributed by atoms with Crippen LogP contribution in [0, 0.1) is 6.92 Å². The molecule has 2 aromatic rings. The monoisotopic (exact) mass is 366 g/mol. The second-order valence-corrected chi connectivity index (χ2v) is 6.91. The van der Waals surface area contributed by atoms with Gasteiger partial charge in [-0.1, -0.05) is 36.4 Å². The van der Waals surface area contributed by atoms with Crippen molar-refractivity contribution >= 4 is 17.5 Å². The van der Waals surface area contributed by atoms with Gasteiger partial charge in [-0.2, -0.15) is 0 Å². The number of carbonyl (C=O) groups excluding carboxylic acids is 2. The number of carbonyl (C=O) groups is 2. The molecule has 0 saturated carbocycles. The highest BCUT2D eigenvalue weighted by atomic mass is 16.5. The number of ether oxygens (including phenoxy) is 1. The maximum absolute atomic E-state index is 13.0. The number of piperazine rings is 1. The molecular weight excluding hydrogens is 340 g/mol. The molecule has 0 aromatic heterocycles. The quantitative estimate of drug-likeness (QED) is 0.816. The van der Waals surface area contributed by atoms with Crippen molar-refractivity contribution in [2.24, 2.45) is 0 Å². The molecule has 0 radical (unpaired) electrons. The first kappa shape index (κ1) is 19.0. The second-order valence-electron chi connectivity index (χ2n) is 6.91. The van der Waals surface area contributed by atoms with Crippen LogP contribution < -0.4 is 9.64 Å². The predicted octanol–water partition coefficient (Wildman–Crippen LogP) is 3.20. The molecule has 3 rings (SSSR count). The predicted molar refractivity (Wildman–Crippen MR) is 106 cm³/mol. The summed E-state index contributed by atoms with van der Waals surface area (Å²) in [6.07, 6.45) is 1.10. The van der Waals surface area contributed by atoms with Gasteiger partial charge >= 0.3 is 0 Å². The number of methoxy groups -OCH3 is 1. The summed E-state index contributed by atoms with van der Waals surface area (Å²) in [6, 6.07) is 15.3. The van der Waals surface area contributed by atoms with Gasteiger partial charge in [-0.05, 0) is 43.5 Å². The lowest BCUT2D eigenvalue weighted by atomic mass is 10.1. The molecule has 1 aliphatic rings. The Morgan fingerprint density at radius 2 is 1.89 bits per heavy atom. The molecule has 0 unspecified atom stereocenters. The van der Waals surface area contributed by atoms with E-state index in [-0.39, 0.29) is 11.8 Å². The molecule has 2 aromatic carbocycles. The molecule has 1 aliphatic heterocycles. The van der Waals surface area contributed by atoms with E-state index >= 15 is 0 Å². The van der Waals surface area contributed by atoms with Gasteiger partial charge in [0.2, 0.25) is 11.8 Å². The van der Waals surface area contributed by atoms with Gasteiger partial charge in [-0.25, -0.2) is 0 Å². The molecule has 2 amide bonds. The number of nitrogens with zero attached hydrogens (tertiary/aromatic N) is 2. The van der Waals surface area contributed by atoms with Gasteiger partial charge in [0.15, 0.2) is 0 Å². The van der Waals surface area contributed by atoms with Crippen molar-refractivity contribution in [2.75, 3.05) is 25.1 Å². The Kier molecular flexibility index (Phi) is 5.79. The van der Waals surface area contributed by atoms with Crippen molar-refractivity contribution in [1.82, 2.24) is 4.90 Å². The van der Waals surface area contributed by atoms with Crippen molar-refractivity contribution in [3.63, 3.8) is 0 Å². The molecule has 1 saturated heterocycles. The Morgan fingerprint density at radius 3 is 2.59 bits per heavy atom. The minimum atomic E-state index is -0.479. The van der Waals surface area contributed by atoms with Crippen LogP contribution in [0.3, 0.4) is 0 Å². The average molecular weight is 366 g/mol. The first-order chi connectivity index (χ1) is 13.0. The lowest BCUT2D eigenvalue weighted by Crippen LogP contribution is -2.57. The Labute approximate surface area is 160 Å². The largest absolute Gasteiger partial charge is 0.495 e. The maximum Gasteiger partial charge on any atom is 0.249 e. The van der Waals surface area contributed by atoms with Gasteiger partial charge in [-0.3, -0.25) is 9.59 Å². The Hall–Kier alpha value is -2.82. The van der Waals surface area contributed by atoms with E-state index in [1.807, 2.05) is 55.5 Å². The lowest BCUT2D eigenvalue weighted by Gasteiger charge is -2.39. The number of aryl methyl sites for hydroxylation is 2. The van der Waals surface area contributed by atoms with Crippen LogP contribution in [0.5, 0.6) is 5.75 Å². The third kappa shape index (κ3) is 4.13. The summed E-state index contributed by atoms with van der Waals surface area (Å²) in [7, 11) is 1.60. The van der Waals surface area contributed by atoms with Crippen LogP contribution in [0.25, 0.3) is 0 Å². The minimum Gasteiger partial charge on any atom is -0.495 e. The minimum absolute atomic E-state index is 0.0237. The van der Waals surface area contributed by atoms with E-state index < -0.39 is 6.04 Å². The fraction of sp³-hybridized carbons (Fsp3) is 0.364. The molecule has 1 atom stereocenters. The smallest absolute Gasteiger partial charge is 0.249 e. The molecule has 27 heavy (non-hydrogen) atoms. The molecule has 1 heterocycles. The molecule has 1 fully saturated rings. The highest BCUT2D eigenvalue weighted by Gasteiger charge is 2.35. The number of hydrogen-bond donors (Lipinski definition) is 0. The van der Waals surface area contributed by atoms with E-state index in [1.165, 1.54) is 0 Å². The van der Waals surface area contributed by atoms with E-state index in [4.69, 9.17) is 4.74 Å². The zero-order valence-electron chi connectivity index (χ0n) is 16.1. The van der Waals surface area contributed by atoms with Crippen LogP contribution in [0.4, 0.5) is 5.69 Å². The summed E-state index contributed by atoms with van der Waals surface area (Å²) >= 11 is 0. The van der Waals surface area contributed by atoms with E-state index in [0.29, 0.717) is 31.7 Å². The fourth-order valence-electron chi connectivity index (χ4n) is 3.50. The third-order valence-corrected chi connectivity index (χ3v) is 5.07. The van der Waals surface area contributed by atoms with Crippen LogP contribution in [0.2, 0.25) is 0 Å². The highest BCUT2D eigenvalue weighted by molar-refractivity contribution is 6.01. The molecule has 0 spiro atoms. The molecule has 5 heteroatoms. The van der Waals surface area contributed by atoms with Crippen molar-refractivity contribution in [2.45, 2.75) is 32.7 Å². The third-order valence-electron chi connectivity index (χ3n) is 5.07. The second kappa shape index (κ2) is 8.25. The topological polar surface area (TPSA) is 49.9 Å². The number of anilines is 1. The van der Waals surface area contributed by atoms with Crippen molar-refractivity contribution < 1.29 is 14.3 Å². The van der Waals surface area contributed by atoms with Gasteiger partial charge in [0.1, 0.15) is 11.8 Å². The van der Waals surface area contributed by atoms with Crippen LogP contribution in [-0.4, -0.2) is 43.0 Å². The normalized spacial score (nSPS) is 17.1. The van der Waals surface area contributed by atoms with Crippen LogP contribution in [0.1, 0.15) is 24.5 Å². The zero-order chi connectivity index (χ0) is 19.4. The Balaban J connectivity index is 1.69. The lowest BCUT2D eigenvalue weighted by molar-refractivity contribution is -0.140. The van der Waals surface area contributed by atoms with Gasteiger partial charge < -0.3 is 14.5 Å². The SMILES string of the molecule is COc1ccc(C)cc1N1CCN(C(=O)CCc2ccccc2)[C@@H](C)C1=O. The van der Waals surface area contributed by atoms with E-state index in [2.05, 4.69) is 0 Å². The molecule has 5 nitrogen and oxygen atoms in total. The van der Waals surface area contributed by atoms with Gasteiger partial charge in [0, 0.05) is 19.5 Å². The maximum atomic E-state index is 13.0. The summed E-state index contributed by atoms with van der Waals surface area (Å²) in [5.74, 6) is 0.624. The van der Waals surface area contributed by atoms with Crippen LogP contribution >= 0.6 is 0 Å². The fourth-order valence-corrected chi connectivity index (χ4v) is 3.50. The van der Waals surface area contributed by atoms with Gasteiger partial charge in [-0.15, -0.1) is 0 Å². The number of amides is 2. The van der Waals surface area contributed by atoms with E-state index in [9.17, 15) is 9.59 Å². The van der Waals surface area contributed by atoms with Crippen molar-refractivity contribution in [1.29, 1.82) is 0 Å². The first-order valence-electron chi connectivity index (χ1n) is 9.30. The molecule has 0 aliphatic carbocycles. The Morgan fingerprint density at radius 1 is 1.15 bits per heavy atom. The molecule has 0 bridgehead atoms. The standard InChI is InChI=1S/C22H26N2O3/c1-16-9-11-20(27-3)19(15-16)24-14-13-23(17(2)22(24)26)21(25)12-10-18-7-5-4-6-8-18/h4-9,11,15,17H,10,12-14H2,1-3H3/t17-/m0/s1. The van der Waals surface area contributed by atoms with Gasteiger partial charge in [0.25, 0.3) is 0 Å². The van der Waals surface area contributed by atoms with E-state index in [0.717, 1.165) is 16.8 Å². The summed E-state index contributed by atoms with van der Waals surface area (Å²) in [4.78, 5) is 29.1. The molecule has 0 N–H and O–H groups in total.